The van der Waals surface area contributed by atoms with Crippen molar-refractivity contribution in [1.29, 1.82) is 0 Å². The summed E-state index contributed by atoms with van der Waals surface area (Å²) in [6.45, 7) is 4.54. The van der Waals surface area contributed by atoms with E-state index in [0.29, 0.717) is 26.2 Å². The summed E-state index contributed by atoms with van der Waals surface area (Å²) in [5.74, 6) is 0. The van der Waals surface area contributed by atoms with E-state index in [1.165, 1.54) is 11.1 Å². The largest absolute Gasteiger partial charge is 0.374 e. The number of nitrogens with one attached hydrogen (secondary N) is 1. The first-order chi connectivity index (χ1) is 12.2. The Balaban J connectivity index is 1.46. The summed E-state index contributed by atoms with van der Waals surface area (Å²) in [5, 5.41) is 3.02. The van der Waals surface area contributed by atoms with Gasteiger partial charge in [0.05, 0.1) is 12.7 Å². The lowest BCUT2D eigenvalue weighted by Gasteiger charge is -2.33. The molecular formula is C20H25N3O2. The summed E-state index contributed by atoms with van der Waals surface area (Å²) in [6, 6.07) is 12.3. The molecule has 1 aromatic carbocycles. The number of aryl methyl sites for hydroxylation is 1. The van der Waals surface area contributed by atoms with Gasteiger partial charge in [-0.25, -0.2) is 4.79 Å². The molecule has 0 radical (unpaired) electrons. The third-order valence-corrected chi connectivity index (χ3v) is 4.54. The van der Waals surface area contributed by atoms with Crippen molar-refractivity contribution in [2.75, 3.05) is 26.2 Å². The van der Waals surface area contributed by atoms with Gasteiger partial charge in [0.25, 0.3) is 0 Å². The van der Waals surface area contributed by atoms with Crippen LogP contribution in [0.1, 0.15) is 16.7 Å². The molecule has 1 aliphatic rings. The van der Waals surface area contributed by atoms with Gasteiger partial charge in [-0.1, -0.05) is 30.3 Å². The lowest BCUT2D eigenvalue weighted by molar-refractivity contribution is -0.0132. The predicted molar refractivity (Wildman–Crippen MR) is 97.5 cm³/mol. The van der Waals surface area contributed by atoms with E-state index >= 15 is 0 Å². The quantitative estimate of drug-likeness (QED) is 0.911. The van der Waals surface area contributed by atoms with Crippen molar-refractivity contribution in [3.8, 4) is 0 Å². The first-order valence-corrected chi connectivity index (χ1v) is 8.80. The number of rotatable bonds is 5. The zero-order valence-electron chi connectivity index (χ0n) is 14.6. The van der Waals surface area contributed by atoms with E-state index in [2.05, 4.69) is 22.4 Å². The normalized spacial score (nSPS) is 17.3. The molecule has 25 heavy (non-hydrogen) atoms. The van der Waals surface area contributed by atoms with Crippen molar-refractivity contribution in [2.24, 2.45) is 0 Å². The molecule has 2 heterocycles. The Kier molecular flexibility index (Phi) is 6.01. The third kappa shape index (κ3) is 5.03. The van der Waals surface area contributed by atoms with E-state index in [1.54, 1.807) is 6.20 Å². The van der Waals surface area contributed by atoms with E-state index in [9.17, 15) is 4.79 Å². The molecular weight excluding hydrogens is 314 g/mol. The van der Waals surface area contributed by atoms with Crippen molar-refractivity contribution < 1.29 is 9.53 Å². The highest BCUT2D eigenvalue weighted by molar-refractivity contribution is 5.74. The standard InChI is InChI=1S/C20H25N3O2/c1-16-14-21-9-7-18(16)8-10-22-20(24)23-11-12-25-19(15-23)13-17-5-3-2-4-6-17/h2-7,9,14,19H,8,10-13,15H2,1H3,(H,22,24)/t19-/m1/s1. The highest BCUT2D eigenvalue weighted by Crippen LogP contribution is 2.12. The van der Waals surface area contributed by atoms with Gasteiger partial charge in [-0.05, 0) is 36.1 Å². The number of ether oxygens (including phenoxy) is 1. The highest BCUT2D eigenvalue weighted by atomic mass is 16.5. The molecule has 1 saturated heterocycles. The number of benzene rings is 1. The molecule has 1 aromatic heterocycles. The second kappa shape index (κ2) is 8.62. The minimum absolute atomic E-state index is 0.00642. The number of carbonyl (C=O) groups excluding carboxylic acids is 1. The van der Waals surface area contributed by atoms with Crippen molar-refractivity contribution in [1.82, 2.24) is 15.2 Å². The summed E-state index contributed by atoms with van der Waals surface area (Å²) in [6.07, 6.45) is 5.36. The highest BCUT2D eigenvalue weighted by Gasteiger charge is 2.24. The maximum absolute atomic E-state index is 12.4. The number of amides is 2. The zero-order chi connectivity index (χ0) is 17.5. The molecule has 0 bridgehead atoms. The molecule has 2 aromatic rings. The van der Waals surface area contributed by atoms with Gasteiger partial charge in [0, 0.05) is 38.4 Å². The van der Waals surface area contributed by atoms with Crippen LogP contribution in [0.25, 0.3) is 0 Å². The fraction of sp³-hybridized carbons (Fsp3) is 0.400. The zero-order valence-corrected chi connectivity index (χ0v) is 14.6. The van der Waals surface area contributed by atoms with Gasteiger partial charge in [-0.3, -0.25) is 4.98 Å². The van der Waals surface area contributed by atoms with Crippen LogP contribution in [-0.2, 0) is 17.6 Å². The fourth-order valence-electron chi connectivity index (χ4n) is 3.10. The Morgan fingerprint density at radius 1 is 1.32 bits per heavy atom. The smallest absolute Gasteiger partial charge is 0.317 e. The van der Waals surface area contributed by atoms with E-state index in [0.717, 1.165) is 18.4 Å². The predicted octanol–water partition coefficient (Wildman–Crippen LogP) is 2.59. The van der Waals surface area contributed by atoms with Crippen LogP contribution in [0.3, 0.4) is 0 Å². The number of hydrogen-bond donors (Lipinski definition) is 1. The van der Waals surface area contributed by atoms with Crippen molar-refractivity contribution >= 4 is 6.03 Å². The van der Waals surface area contributed by atoms with Gasteiger partial charge in [-0.2, -0.15) is 0 Å². The lowest BCUT2D eigenvalue weighted by atomic mass is 10.1. The van der Waals surface area contributed by atoms with Gasteiger partial charge in [-0.15, -0.1) is 0 Å². The van der Waals surface area contributed by atoms with Crippen LogP contribution < -0.4 is 5.32 Å². The Bertz CT molecular complexity index is 690. The molecule has 5 heteroatoms. The second-order valence-electron chi connectivity index (χ2n) is 6.41. The van der Waals surface area contributed by atoms with E-state index in [1.807, 2.05) is 42.3 Å². The number of morpholine rings is 1. The molecule has 1 atom stereocenters. The molecule has 1 fully saturated rings. The number of aromatic nitrogens is 1. The molecule has 3 rings (SSSR count). The number of pyridine rings is 1. The van der Waals surface area contributed by atoms with Gasteiger partial charge < -0.3 is 15.0 Å². The maximum Gasteiger partial charge on any atom is 0.317 e. The van der Waals surface area contributed by atoms with Gasteiger partial charge >= 0.3 is 6.03 Å². The van der Waals surface area contributed by atoms with Crippen LogP contribution in [0.15, 0.2) is 48.8 Å². The average molecular weight is 339 g/mol. The summed E-state index contributed by atoms with van der Waals surface area (Å²) in [7, 11) is 0. The monoisotopic (exact) mass is 339 g/mol. The van der Waals surface area contributed by atoms with Crippen LogP contribution in [0, 0.1) is 6.92 Å². The summed E-state index contributed by atoms with van der Waals surface area (Å²) >= 11 is 0. The minimum atomic E-state index is -0.00642. The molecule has 5 nitrogen and oxygen atoms in total. The number of urea groups is 1. The van der Waals surface area contributed by atoms with Crippen molar-refractivity contribution in [2.45, 2.75) is 25.9 Å². The number of carbonyl (C=O) groups is 1. The maximum atomic E-state index is 12.4. The molecule has 1 aliphatic heterocycles. The van der Waals surface area contributed by atoms with Crippen LogP contribution in [0.5, 0.6) is 0 Å². The Morgan fingerprint density at radius 2 is 2.16 bits per heavy atom. The molecule has 2 amide bonds. The molecule has 1 N–H and O–H groups in total. The summed E-state index contributed by atoms with van der Waals surface area (Å²) in [5.41, 5.74) is 3.62. The molecule has 0 aliphatic carbocycles. The topological polar surface area (TPSA) is 54.5 Å². The third-order valence-electron chi connectivity index (χ3n) is 4.54. The van der Waals surface area contributed by atoms with E-state index in [4.69, 9.17) is 4.74 Å². The summed E-state index contributed by atoms with van der Waals surface area (Å²) in [4.78, 5) is 18.4. The molecule has 132 valence electrons. The van der Waals surface area contributed by atoms with Crippen LogP contribution in [-0.4, -0.2) is 48.3 Å². The summed E-state index contributed by atoms with van der Waals surface area (Å²) < 4.78 is 5.82. The molecule has 0 unspecified atom stereocenters. The fourth-order valence-corrected chi connectivity index (χ4v) is 3.10. The Labute approximate surface area is 149 Å². The first-order valence-electron chi connectivity index (χ1n) is 8.80. The minimum Gasteiger partial charge on any atom is -0.374 e. The van der Waals surface area contributed by atoms with E-state index < -0.39 is 0 Å². The number of hydrogen-bond acceptors (Lipinski definition) is 3. The van der Waals surface area contributed by atoms with Crippen LogP contribution >= 0.6 is 0 Å². The first kappa shape index (κ1) is 17.4. The molecule has 0 spiro atoms. The number of nitrogens with zero attached hydrogens (tertiary/aromatic N) is 2. The van der Waals surface area contributed by atoms with Crippen molar-refractivity contribution in [3.63, 3.8) is 0 Å². The van der Waals surface area contributed by atoms with Gasteiger partial charge in [0.15, 0.2) is 0 Å². The van der Waals surface area contributed by atoms with Gasteiger partial charge in [0.1, 0.15) is 0 Å². The molecule has 0 saturated carbocycles. The lowest BCUT2D eigenvalue weighted by Crippen LogP contribution is -2.50. The Morgan fingerprint density at radius 3 is 2.96 bits per heavy atom. The average Bonchev–Trinajstić information content (AvgIpc) is 2.64. The van der Waals surface area contributed by atoms with Gasteiger partial charge in [0.2, 0.25) is 0 Å². The SMILES string of the molecule is Cc1cnccc1CCNC(=O)N1CCO[C@H](Cc2ccccc2)C1. The van der Waals surface area contributed by atoms with Crippen LogP contribution in [0.2, 0.25) is 0 Å². The Hall–Kier alpha value is -2.40. The second-order valence-corrected chi connectivity index (χ2v) is 6.41. The van der Waals surface area contributed by atoms with Crippen LogP contribution in [0.4, 0.5) is 4.79 Å². The van der Waals surface area contributed by atoms with Crippen molar-refractivity contribution in [3.05, 3.63) is 65.5 Å². The van der Waals surface area contributed by atoms with E-state index in [-0.39, 0.29) is 12.1 Å².